The SMILES string of the molecule is COC(=O)/C=C/c1ccc([C@@H]2CCCCCN2)cc1. The molecule has 0 radical (unpaired) electrons. The predicted molar refractivity (Wildman–Crippen MR) is 76.7 cm³/mol. The molecule has 0 aliphatic carbocycles. The van der Waals surface area contributed by atoms with Gasteiger partial charge in [-0.1, -0.05) is 37.1 Å². The standard InChI is InChI=1S/C16H21NO2/c1-19-16(18)11-8-13-6-9-14(10-7-13)15-5-3-2-4-12-17-15/h6-11,15,17H,2-5,12H2,1H3/b11-8+/t15-/m0/s1. The molecule has 1 aromatic carbocycles. The first-order valence-electron chi connectivity index (χ1n) is 6.89. The second-order valence-electron chi connectivity index (χ2n) is 4.88. The number of carbonyl (C=O) groups is 1. The summed E-state index contributed by atoms with van der Waals surface area (Å²) in [6.07, 6.45) is 8.31. The summed E-state index contributed by atoms with van der Waals surface area (Å²) < 4.78 is 4.57. The number of benzene rings is 1. The van der Waals surface area contributed by atoms with Crippen molar-refractivity contribution in [2.75, 3.05) is 13.7 Å². The molecule has 1 heterocycles. The summed E-state index contributed by atoms with van der Waals surface area (Å²) >= 11 is 0. The quantitative estimate of drug-likeness (QED) is 0.669. The highest BCUT2D eigenvalue weighted by Gasteiger charge is 2.12. The molecule has 102 valence electrons. The van der Waals surface area contributed by atoms with Gasteiger partial charge in [0.05, 0.1) is 7.11 Å². The Morgan fingerprint density at radius 1 is 1.26 bits per heavy atom. The lowest BCUT2D eigenvalue weighted by molar-refractivity contribution is -0.134. The van der Waals surface area contributed by atoms with Gasteiger partial charge in [-0.15, -0.1) is 0 Å². The average Bonchev–Trinajstić information content (AvgIpc) is 2.74. The minimum absolute atomic E-state index is 0.325. The molecule has 0 unspecified atom stereocenters. The molecule has 0 saturated carbocycles. The van der Waals surface area contributed by atoms with Crippen LogP contribution in [0.25, 0.3) is 6.08 Å². The topological polar surface area (TPSA) is 38.3 Å². The molecule has 0 aromatic heterocycles. The van der Waals surface area contributed by atoms with Crippen molar-refractivity contribution in [3.63, 3.8) is 0 Å². The van der Waals surface area contributed by atoms with E-state index in [0.717, 1.165) is 12.1 Å². The Morgan fingerprint density at radius 2 is 2.05 bits per heavy atom. The second-order valence-corrected chi connectivity index (χ2v) is 4.88. The Morgan fingerprint density at radius 3 is 2.79 bits per heavy atom. The predicted octanol–water partition coefficient (Wildman–Crippen LogP) is 3.08. The van der Waals surface area contributed by atoms with Gasteiger partial charge in [0.1, 0.15) is 0 Å². The minimum atomic E-state index is -0.325. The van der Waals surface area contributed by atoms with Gasteiger partial charge in [-0.25, -0.2) is 4.79 Å². The van der Waals surface area contributed by atoms with Crippen LogP contribution in [0.15, 0.2) is 30.3 Å². The third-order valence-corrected chi connectivity index (χ3v) is 3.51. The molecule has 1 aliphatic rings. The van der Waals surface area contributed by atoms with Gasteiger partial charge in [0.2, 0.25) is 0 Å². The van der Waals surface area contributed by atoms with Gasteiger partial charge in [0.15, 0.2) is 0 Å². The smallest absolute Gasteiger partial charge is 0.330 e. The zero-order chi connectivity index (χ0) is 13.5. The summed E-state index contributed by atoms with van der Waals surface area (Å²) in [5.41, 5.74) is 2.35. The first-order chi connectivity index (χ1) is 9.29. The van der Waals surface area contributed by atoms with Crippen molar-refractivity contribution in [3.05, 3.63) is 41.5 Å². The van der Waals surface area contributed by atoms with Crippen LogP contribution in [-0.2, 0) is 9.53 Å². The molecule has 1 saturated heterocycles. The monoisotopic (exact) mass is 259 g/mol. The van der Waals surface area contributed by atoms with E-state index in [-0.39, 0.29) is 5.97 Å². The molecule has 3 heteroatoms. The van der Waals surface area contributed by atoms with E-state index in [1.54, 1.807) is 6.08 Å². The lowest BCUT2D eigenvalue weighted by Gasteiger charge is -2.16. The van der Waals surface area contributed by atoms with Gasteiger partial charge in [-0.05, 0) is 36.6 Å². The van der Waals surface area contributed by atoms with Crippen molar-refractivity contribution in [2.24, 2.45) is 0 Å². The van der Waals surface area contributed by atoms with Gasteiger partial charge < -0.3 is 10.1 Å². The molecule has 1 N–H and O–H groups in total. The van der Waals surface area contributed by atoms with Gasteiger partial charge in [0, 0.05) is 12.1 Å². The summed E-state index contributed by atoms with van der Waals surface area (Å²) in [6, 6.07) is 8.84. The zero-order valence-corrected chi connectivity index (χ0v) is 11.4. The van der Waals surface area contributed by atoms with Crippen molar-refractivity contribution in [3.8, 4) is 0 Å². The van der Waals surface area contributed by atoms with E-state index in [0.29, 0.717) is 6.04 Å². The van der Waals surface area contributed by atoms with Gasteiger partial charge in [-0.3, -0.25) is 0 Å². The Balaban J connectivity index is 2.01. The summed E-state index contributed by atoms with van der Waals surface area (Å²) in [5, 5.41) is 3.58. The molecule has 0 amide bonds. The minimum Gasteiger partial charge on any atom is -0.466 e. The van der Waals surface area contributed by atoms with Gasteiger partial charge in [0.25, 0.3) is 0 Å². The number of esters is 1. The first kappa shape index (κ1) is 13.8. The first-order valence-corrected chi connectivity index (χ1v) is 6.89. The Kier molecular flexibility index (Phi) is 5.16. The van der Waals surface area contributed by atoms with E-state index in [9.17, 15) is 4.79 Å². The zero-order valence-electron chi connectivity index (χ0n) is 11.4. The van der Waals surface area contributed by atoms with Gasteiger partial charge >= 0.3 is 5.97 Å². The summed E-state index contributed by atoms with van der Waals surface area (Å²) in [7, 11) is 1.38. The van der Waals surface area contributed by atoms with Crippen LogP contribution in [0.1, 0.15) is 42.9 Å². The number of nitrogens with one attached hydrogen (secondary N) is 1. The number of hydrogen-bond acceptors (Lipinski definition) is 3. The number of hydrogen-bond donors (Lipinski definition) is 1. The molecular formula is C16H21NO2. The lowest BCUT2D eigenvalue weighted by Crippen LogP contribution is -2.20. The van der Waals surface area contributed by atoms with Crippen molar-refractivity contribution >= 4 is 12.0 Å². The van der Waals surface area contributed by atoms with E-state index in [1.165, 1.54) is 44.4 Å². The largest absolute Gasteiger partial charge is 0.466 e. The summed E-state index contributed by atoms with van der Waals surface area (Å²) in [4.78, 5) is 11.0. The molecule has 2 rings (SSSR count). The molecule has 19 heavy (non-hydrogen) atoms. The van der Waals surface area contributed by atoms with E-state index in [2.05, 4.69) is 22.2 Å². The van der Waals surface area contributed by atoms with Crippen LogP contribution in [0.4, 0.5) is 0 Å². The van der Waals surface area contributed by atoms with Crippen LogP contribution in [-0.4, -0.2) is 19.6 Å². The van der Waals surface area contributed by atoms with Crippen molar-refractivity contribution < 1.29 is 9.53 Å². The van der Waals surface area contributed by atoms with Crippen LogP contribution in [0.2, 0.25) is 0 Å². The molecule has 1 fully saturated rings. The van der Waals surface area contributed by atoms with Crippen LogP contribution in [0, 0.1) is 0 Å². The fourth-order valence-corrected chi connectivity index (χ4v) is 2.38. The maximum absolute atomic E-state index is 11.0. The molecule has 1 aromatic rings. The molecule has 0 spiro atoms. The fraction of sp³-hybridized carbons (Fsp3) is 0.438. The molecule has 1 aliphatic heterocycles. The Labute approximate surface area is 114 Å². The Hall–Kier alpha value is -1.61. The van der Waals surface area contributed by atoms with E-state index < -0.39 is 0 Å². The highest BCUT2D eigenvalue weighted by atomic mass is 16.5. The highest BCUT2D eigenvalue weighted by Crippen LogP contribution is 2.23. The molecule has 0 bridgehead atoms. The van der Waals surface area contributed by atoms with Crippen LogP contribution in [0.5, 0.6) is 0 Å². The van der Waals surface area contributed by atoms with Crippen molar-refractivity contribution in [1.29, 1.82) is 0 Å². The van der Waals surface area contributed by atoms with Gasteiger partial charge in [-0.2, -0.15) is 0 Å². The number of rotatable bonds is 3. The van der Waals surface area contributed by atoms with E-state index in [4.69, 9.17) is 0 Å². The normalized spacial score (nSPS) is 20.2. The molecule has 3 nitrogen and oxygen atoms in total. The third kappa shape index (κ3) is 4.21. The van der Waals surface area contributed by atoms with Crippen LogP contribution < -0.4 is 5.32 Å². The summed E-state index contributed by atoms with van der Waals surface area (Å²) in [5.74, 6) is -0.325. The highest BCUT2D eigenvalue weighted by molar-refractivity contribution is 5.86. The van der Waals surface area contributed by atoms with Crippen LogP contribution >= 0.6 is 0 Å². The maximum atomic E-state index is 11.0. The molecular weight excluding hydrogens is 238 g/mol. The van der Waals surface area contributed by atoms with E-state index >= 15 is 0 Å². The fourth-order valence-electron chi connectivity index (χ4n) is 2.38. The van der Waals surface area contributed by atoms with E-state index in [1.807, 2.05) is 12.1 Å². The number of carbonyl (C=O) groups excluding carboxylic acids is 1. The number of methoxy groups -OCH3 is 1. The van der Waals surface area contributed by atoms with Crippen LogP contribution in [0.3, 0.4) is 0 Å². The average molecular weight is 259 g/mol. The molecule has 1 atom stereocenters. The lowest BCUT2D eigenvalue weighted by atomic mass is 10.0. The number of ether oxygens (including phenoxy) is 1. The van der Waals surface area contributed by atoms with Crippen molar-refractivity contribution in [1.82, 2.24) is 5.32 Å². The third-order valence-electron chi connectivity index (χ3n) is 3.51. The maximum Gasteiger partial charge on any atom is 0.330 e. The van der Waals surface area contributed by atoms with Crippen molar-refractivity contribution in [2.45, 2.75) is 31.7 Å². The summed E-state index contributed by atoms with van der Waals surface area (Å²) in [6.45, 7) is 1.11. The Bertz CT molecular complexity index is 429. The second kappa shape index (κ2) is 7.10.